The van der Waals surface area contributed by atoms with Gasteiger partial charge in [-0.15, -0.1) is 0 Å². The van der Waals surface area contributed by atoms with Crippen molar-refractivity contribution < 1.29 is 8.42 Å². The van der Waals surface area contributed by atoms with Crippen LogP contribution in [0.3, 0.4) is 0 Å². The molecule has 0 unspecified atom stereocenters. The van der Waals surface area contributed by atoms with E-state index < -0.39 is 10.0 Å². The number of rotatable bonds is 4. The van der Waals surface area contributed by atoms with Crippen molar-refractivity contribution in [3.63, 3.8) is 0 Å². The van der Waals surface area contributed by atoms with Crippen LogP contribution < -0.4 is 10.5 Å². The van der Waals surface area contributed by atoms with Crippen molar-refractivity contribution in [2.45, 2.75) is 18.4 Å². The maximum Gasteiger partial charge on any atom is 0.238 e. The average Bonchev–Trinajstić information content (AvgIpc) is 2.85. The third-order valence-corrected chi connectivity index (χ3v) is 4.20. The Labute approximate surface area is 127 Å². The van der Waals surface area contributed by atoms with Gasteiger partial charge in [0, 0.05) is 12.2 Å². The summed E-state index contributed by atoms with van der Waals surface area (Å²) in [5.74, 6) is 0.727. The molecule has 1 aromatic carbocycles. The fraction of sp³-hybridized carbons (Fsp3) is 0.143. The van der Waals surface area contributed by atoms with E-state index in [1.807, 2.05) is 13.0 Å². The Kier molecular flexibility index (Phi) is 3.55. The minimum atomic E-state index is -3.66. The molecule has 7 nitrogen and oxygen atoms in total. The maximum absolute atomic E-state index is 11.2. The zero-order valence-electron chi connectivity index (χ0n) is 11.9. The van der Waals surface area contributed by atoms with Crippen LogP contribution in [0.25, 0.3) is 11.0 Å². The normalized spacial score (nSPS) is 11.7. The number of hydrogen-bond donors (Lipinski definition) is 3. The second kappa shape index (κ2) is 5.39. The van der Waals surface area contributed by atoms with Gasteiger partial charge in [0.05, 0.1) is 10.3 Å². The average molecular weight is 317 g/mol. The smallest absolute Gasteiger partial charge is 0.238 e. The summed E-state index contributed by atoms with van der Waals surface area (Å²) in [6, 6.07) is 8.38. The second-order valence-electron chi connectivity index (χ2n) is 4.98. The standard InChI is InChI=1S/C14H15N5O2S/c1-9-6-12-13(17-8-18-14(12)19-9)16-7-10-2-4-11(5-3-10)22(15,20)21/h2-6,8H,7H2,1H3,(H2,15,20,21)(H2,16,17,18,19). The van der Waals surface area contributed by atoms with Crippen LogP contribution in [-0.2, 0) is 16.6 Å². The van der Waals surface area contributed by atoms with E-state index in [1.165, 1.54) is 18.5 Å². The van der Waals surface area contributed by atoms with Crippen molar-refractivity contribution >= 4 is 26.9 Å². The van der Waals surface area contributed by atoms with Gasteiger partial charge in [0.25, 0.3) is 0 Å². The zero-order chi connectivity index (χ0) is 15.7. The van der Waals surface area contributed by atoms with Crippen LogP contribution in [0, 0.1) is 6.92 Å². The molecule has 3 rings (SSSR count). The molecule has 0 fully saturated rings. The lowest BCUT2D eigenvalue weighted by Gasteiger charge is -2.07. The highest BCUT2D eigenvalue weighted by Gasteiger charge is 2.08. The number of aromatic nitrogens is 3. The van der Waals surface area contributed by atoms with Gasteiger partial charge in [-0.3, -0.25) is 0 Å². The molecule has 0 amide bonds. The van der Waals surface area contributed by atoms with E-state index >= 15 is 0 Å². The molecular formula is C14H15N5O2S. The summed E-state index contributed by atoms with van der Waals surface area (Å²) < 4.78 is 22.4. The molecule has 2 heterocycles. The molecule has 22 heavy (non-hydrogen) atoms. The number of H-pyrrole nitrogens is 1. The number of benzene rings is 1. The van der Waals surface area contributed by atoms with E-state index in [9.17, 15) is 8.42 Å². The lowest BCUT2D eigenvalue weighted by molar-refractivity contribution is 0.598. The van der Waals surface area contributed by atoms with E-state index in [2.05, 4.69) is 20.3 Å². The summed E-state index contributed by atoms with van der Waals surface area (Å²) >= 11 is 0. The SMILES string of the molecule is Cc1cc2c(NCc3ccc(S(N)(=O)=O)cc3)ncnc2[nH]1. The monoisotopic (exact) mass is 317 g/mol. The Morgan fingerprint density at radius 2 is 1.95 bits per heavy atom. The van der Waals surface area contributed by atoms with Crippen LogP contribution in [0.1, 0.15) is 11.3 Å². The van der Waals surface area contributed by atoms with Crippen molar-refractivity contribution in [1.29, 1.82) is 0 Å². The van der Waals surface area contributed by atoms with Gasteiger partial charge in [-0.05, 0) is 30.7 Å². The molecule has 114 valence electrons. The number of nitrogens with one attached hydrogen (secondary N) is 2. The van der Waals surface area contributed by atoms with Crippen LogP contribution in [0.5, 0.6) is 0 Å². The molecule has 0 radical (unpaired) electrons. The Balaban J connectivity index is 1.79. The molecule has 4 N–H and O–H groups in total. The molecule has 0 saturated heterocycles. The first-order valence-electron chi connectivity index (χ1n) is 6.59. The molecular weight excluding hydrogens is 302 g/mol. The van der Waals surface area contributed by atoms with Gasteiger partial charge in [0.15, 0.2) is 0 Å². The molecule has 2 aromatic heterocycles. The maximum atomic E-state index is 11.2. The van der Waals surface area contributed by atoms with E-state index in [0.717, 1.165) is 28.1 Å². The second-order valence-corrected chi connectivity index (χ2v) is 6.54. The third-order valence-electron chi connectivity index (χ3n) is 3.27. The van der Waals surface area contributed by atoms with Gasteiger partial charge in [0.1, 0.15) is 17.8 Å². The minimum absolute atomic E-state index is 0.0990. The van der Waals surface area contributed by atoms with Gasteiger partial charge >= 0.3 is 0 Å². The summed E-state index contributed by atoms with van der Waals surface area (Å²) in [6.45, 7) is 2.47. The van der Waals surface area contributed by atoms with Crippen LogP contribution in [0.2, 0.25) is 0 Å². The highest BCUT2D eigenvalue weighted by atomic mass is 32.2. The zero-order valence-corrected chi connectivity index (χ0v) is 12.7. The summed E-state index contributed by atoms with van der Waals surface area (Å²) in [5.41, 5.74) is 2.71. The highest BCUT2D eigenvalue weighted by Crippen LogP contribution is 2.20. The lowest BCUT2D eigenvalue weighted by atomic mass is 10.2. The molecule has 0 aliphatic rings. The number of fused-ring (bicyclic) bond motifs is 1. The lowest BCUT2D eigenvalue weighted by Crippen LogP contribution is -2.12. The molecule has 0 saturated carbocycles. The van der Waals surface area contributed by atoms with Crippen LogP contribution in [-0.4, -0.2) is 23.4 Å². The van der Waals surface area contributed by atoms with Crippen molar-refractivity contribution in [3.05, 3.63) is 47.9 Å². The van der Waals surface area contributed by atoms with E-state index in [1.54, 1.807) is 12.1 Å². The number of primary sulfonamides is 1. The van der Waals surface area contributed by atoms with Crippen molar-refractivity contribution in [2.24, 2.45) is 5.14 Å². The molecule has 3 aromatic rings. The topological polar surface area (TPSA) is 114 Å². The predicted molar refractivity (Wildman–Crippen MR) is 83.8 cm³/mol. The number of anilines is 1. The molecule has 0 aliphatic carbocycles. The van der Waals surface area contributed by atoms with Gasteiger partial charge in [-0.25, -0.2) is 23.5 Å². The molecule has 0 aliphatic heterocycles. The first-order chi connectivity index (χ1) is 10.4. The van der Waals surface area contributed by atoms with Crippen molar-refractivity contribution in [2.75, 3.05) is 5.32 Å². The largest absolute Gasteiger partial charge is 0.365 e. The Morgan fingerprint density at radius 3 is 2.64 bits per heavy atom. The Hall–Kier alpha value is -2.45. The fourth-order valence-electron chi connectivity index (χ4n) is 2.19. The van der Waals surface area contributed by atoms with Gasteiger partial charge in [-0.1, -0.05) is 12.1 Å². The summed E-state index contributed by atoms with van der Waals surface area (Å²) in [7, 11) is -3.66. The molecule has 0 bridgehead atoms. The molecule has 8 heteroatoms. The summed E-state index contributed by atoms with van der Waals surface area (Å²) in [5, 5.41) is 9.21. The molecule has 0 atom stereocenters. The van der Waals surface area contributed by atoms with E-state index in [4.69, 9.17) is 5.14 Å². The number of nitrogens with two attached hydrogens (primary N) is 1. The van der Waals surface area contributed by atoms with Gasteiger partial charge in [-0.2, -0.15) is 0 Å². The highest BCUT2D eigenvalue weighted by molar-refractivity contribution is 7.89. The Morgan fingerprint density at radius 1 is 1.23 bits per heavy atom. The first kappa shape index (κ1) is 14.5. The van der Waals surface area contributed by atoms with Crippen molar-refractivity contribution in [3.8, 4) is 0 Å². The number of aromatic amines is 1. The van der Waals surface area contributed by atoms with Crippen molar-refractivity contribution in [1.82, 2.24) is 15.0 Å². The number of nitrogens with zero attached hydrogens (tertiary/aromatic N) is 2. The quantitative estimate of drug-likeness (QED) is 0.675. The predicted octanol–water partition coefficient (Wildman–Crippen LogP) is 1.53. The number of sulfonamides is 1. The van der Waals surface area contributed by atoms with E-state index in [-0.39, 0.29) is 4.90 Å². The Bertz CT molecular complexity index is 916. The number of hydrogen-bond acceptors (Lipinski definition) is 5. The van der Waals surface area contributed by atoms with Crippen LogP contribution in [0.15, 0.2) is 41.6 Å². The van der Waals surface area contributed by atoms with Crippen LogP contribution >= 0.6 is 0 Å². The minimum Gasteiger partial charge on any atom is -0.365 e. The third kappa shape index (κ3) is 2.92. The number of aryl methyl sites for hydroxylation is 1. The van der Waals surface area contributed by atoms with Gasteiger partial charge in [0.2, 0.25) is 10.0 Å². The summed E-state index contributed by atoms with van der Waals surface area (Å²) in [6.07, 6.45) is 1.49. The van der Waals surface area contributed by atoms with Gasteiger partial charge < -0.3 is 10.3 Å². The van der Waals surface area contributed by atoms with E-state index in [0.29, 0.717) is 6.54 Å². The fourth-order valence-corrected chi connectivity index (χ4v) is 2.71. The summed E-state index contributed by atoms with van der Waals surface area (Å²) in [4.78, 5) is 11.7. The molecule has 0 spiro atoms. The van der Waals surface area contributed by atoms with Crippen LogP contribution in [0.4, 0.5) is 5.82 Å². The first-order valence-corrected chi connectivity index (χ1v) is 8.14.